The number of aromatic nitrogens is 1. The van der Waals surface area contributed by atoms with Crippen molar-refractivity contribution in [3.63, 3.8) is 0 Å². The van der Waals surface area contributed by atoms with E-state index >= 15 is 0 Å². The number of anilines is 1. The van der Waals surface area contributed by atoms with Crippen LogP contribution in [0.5, 0.6) is 11.5 Å². The van der Waals surface area contributed by atoms with E-state index in [-0.39, 0.29) is 0 Å². The number of rotatable bonds is 5. The van der Waals surface area contributed by atoms with E-state index in [4.69, 9.17) is 21.1 Å². The van der Waals surface area contributed by atoms with Gasteiger partial charge < -0.3 is 14.8 Å². The fourth-order valence-corrected chi connectivity index (χ4v) is 3.00. The molecule has 0 fully saturated rings. The monoisotopic (exact) mass is 312 g/mol. The third kappa shape index (κ3) is 3.16. The summed E-state index contributed by atoms with van der Waals surface area (Å²) in [6.07, 6.45) is 0. The van der Waals surface area contributed by atoms with Crippen molar-refractivity contribution in [2.45, 2.75) is 20.4 Å². The molecular formula is C14H17ClN2O2S. The van der Waals surface area contributed by atoms with E-state index < -0.39 is 0 Å². The summed E-state index contributed by atoms with van der Waals surface area (Å²) in [5.41, 5.74) is 1.87. The van der Waals surface area contributed by atoms with Crippen molar-refractivity contribution in [2.24, 2.45) is 0 Å². The number of nitrogens with one attached hydrogen (secondary N) is 1. The van der Waals surface area contributed by atoms with Crippen molar-refractivity contribution in [2.75, 3.05) is 19.5 Å². The predicted molar refractivity (Wildman–Crippen MR) is 83.5 cm³/mol. The second kappa shape index (κ2) is 6.33. The Labute approximate surface area is 127 Å². The van der Waals surface area contributed by atoms with Crippen LogP contribution >= 0.6 is 22.9 Å². The maximum Gasteiger partial charge on any atom is 0.162 e. The van der Waals surface area contributed by atoms with Crippen LogP contribution in [0.2, 0.25) is 5.02 Å². The summed E-state index contributed by atoms with van der Waals surface area (Å²) >= 11 is 7.92. The summed E-state index contributed by atoms with van der Waals surface area (Å²) in [6, 6.07) is 3.58. The molecule has 1 aromatic heterocycles. The summed E-state index contributed by atoms with van der Waals surface area (Å²) in [4.78, 5) is 5.61. The van der Waals surface area contributed by atoms with Gasteiger partial charge in [0.2, 0.25) is 0 Å². The molecule has 0 spiro atoms. The molecule has 20 heavy (non-hydrogen) atoms. The van der Waals surface area contributed by atoms with E-state index in [1.807, 2.05) is 19.9 Å². The summed E-state index contributed by atoms with van der Waals surface area (Å²) in [7, 11) is 3.19. The van der Waals surface area contributed by atoms with E-state index in [9.17, 15) is 0 Å². The van der Waals surface area contributed by atoms with Gasteiger partial charge in [0.05, 0.1) is 42.2 Å². The Bertz CT molecular complexity index is 613. The lowest BCUT2D eigenvalue weighted by Gasteiger charge is -2.13. The van der Waals surface area contributed by atoms with Crippen LogP contribution in [-0.2, 0) is 6.54 Å². The molecule has 0 unspecified atom stereocenters. The van der Waals surface area contributed by atoms with Gasteiger partial charge in [-0.25, -0.2) is 4.98 Å². The van der Waals surface area contributed by atoms with Gasteiger partial charge in [-0.1, -0.05) is 11.6 Å². The molecule has 0 saturated carbocycles. The maximum absolute atomic E-state index is 6.24. The first kappa shape index (κ1) is 14.9. The molecule has 0 atom stereocenters. The van der Waals surface area contributed by atoms with Crippen LogP contribution in [0.15, 0.2) is 12.1 Å². The SMILES string of the molecule is COc1cc(Cl)c(NCc2sc(C)nc2C)cc1OC. The number of hydrogen-bond donors (Lipinski definition) is 1. The van der Waals surface area contributed by atoms with Gasteiger partial charge in [-0.05, 0) is 13.8 Å². The third-order valence-corrected chi connectivity index (χ3v) is 4.30. The van der Waals surface area contributed by atoms with Gasteiger partial charge in [0.1, 0.15) is 0 Å². The van der Waals surface area contributed by atoms with Crippen molar-refractivity contribution < 1.29 is 9.47 Å². The first-order valence-corrected chi connectivity index (χ1v) is 7.33. The van der Waals surface area contributed by atoms with Crippen LogP contribution in [0.1, 0.15) is 15.6 Å². The highest BCUT2D eigenvalue weighted by Gasteiger charge is 2.11. The molecule has 6 heteroatoms. The molecule has 0 aliphatic heterocycles. The van der Waals surface area contributed by atoms with Crippen molar-refractivity contribution in [1.29, 1.82) is 0 Å². The summed E-state index contributed by atoms with van der Waals surface area (Å²) in [6.45, 7) is 4.70. The molecule has 0 aliphatic rings. The topological polar surface area (TPSA) is 43.4 Å². The number of ether oxygens (including phenoxy) is 2. The van der Waals surface area contributed by atoms with Gasteiger partial charge in [-0.3, -0.25) is 0 Å². The minimum atomic E-state index is 0.599. The number of benzene rings is 1. The highest BCUT2D eigenvalue weighted by molar-refractivity contribution is 7.11. The van der Waals surface area contributed by atoms with Crippen molar-refractivity contribution in [3.8, 4) is 11.5 Å². The minimum Gasteiger partial charge on any atom is -0.493 e. The molecule has 0 aliphatic carbocycles. The van der Waals surface area contributed by atoms with Gasteiger partial charge in [-0.2, -0.15) is 0 Å². The Morgan fingerprint density at radius 3 is 2.40 bits per heavy atom. The van der Waals surface area contributed by atoms with Gasteiger partial charge in [-0.15, -0.1) is 11.3 Å². The second-order valence-corrected chi connectivity index (χ2v) is 5.98. The number of hydrogen-bond acceptors (Lipinski definition) is 5. The largest absolute Gasteiger partial charge is 0.493 e. The van der Waals surface area contributed by atoms with Crippen LogP contribution in [0, 0.1) is 13.8 Å². The highest BCUT2D eigenvalue weighted by atomic mass is 35.5. The standard InChI is InChI=1S/C14H17ClN2O2S/c1-8-14(20-9(2)17-8)7-16-11-6-13(19-4)12(18-3)5-10(11)15/h5-6,16H,7H2,1-4H3. The average molecular weight is 313 g/mol. The summed E-state index contributed by atoms with van der Waals surface area (Å²) < 4.78 is 10.5. The van der Waals surface area contributed by atoms with E-state index in [0.29, 0.717) is 23.1 Å². The predicted octanol–water partition coefficient (Wildman–Crippen LogP) is 4.04. The molecule has 2 rings (SSSR count). The van der Waals surface area contributed by atoms with Crippen LogP contribution in [-0.4, -0.2) is 19.2 Å². The maximum atomic E-state index is 6.24. The second-order valence-electron chi connectivity index (χ2n) is 4.28. The molecule has 1 heterocycles. The van der Waals surface area contributed by atoms with E-state index in [0.717, 1.165) is 16.4 Å². The Hall–Kier alpha value is -1.46. The fraction of sp³-hybridized carbons (Fsp3) is 0.357. The lowest BCUT2D eigenvalue weighted by molar-refractivity contribution is 0.355. The summed E-state index contributed by atoms with van der Waals surface area (Å²) in [5.74, 6) is 1.27. The van der Waals surface area contributed by atoms with E-state index in [1.54, 1.807) is 31.6 Å². The quantitative estimate of drug-likeness (QED) is 0.904. The molecule has 1 N–H and O–H groups in total. The molecular weight excluding hydrogens is 296 g/mol. The molecule has 0 amide bonds. The zero-order valence-corrected chi connectivity index (χ0v) is 13.5. The van der Waals surface area contributed by atoms with Crippen LogP contribution < -0.4 is 14.8 Å². The minimum absolute atomic E-state index is 0.599. The van der Waals surface area contributed by atoms with Gasteiger partial charge in [0.25, 0.3) is 0 Å². The Balaban J connectivity index is 2.19. The molecule has 0 saturated heterocycles. The van der Waals surface area contributed by atoms with Crippen LogP contribution in [0.25, 0.3) is 0 Å². The zero-order valence-electron chi connectivity index (χ0n) is 11.9. The third-order valence-electron chi connectivity index (χ3n) is 2.91. The van der Waals surface area contributed by atoms with Gasteiger partial charge in [0.15, 0.2) is 11.5 Å². The smallest absolute Gasteiger partial charge is 0.162 e. The van der Waals surface area contributed by atoms with Crippen molar-refractivity contribution in [1.82, 2.24) is 4.98 Å². The number of nitrogens with zero attached hydrogens (tertiary/aromatic N) is 1. The number of thiazole rings is 1. The highest BCUT2D eigenvalue weighted by Crippen LogP contribution is 2.36. The number of halogens is 1. The molecule has 2 aromatic rings. The first-order valence-electron chi connectivity index (χ1n) is 6.13. The molecule has 0 radical (unpaired) electrons. The Kier molecular flexibility index (Phi) is 4.73. The van der Waals surface area contributed by atoms with Crippen molar-refractivity contribution >= 4 is 28.6 Å². The van der Waals surface area contributed by atoms with Crippen LogP contribution in [0.4, 0.5) is 5.69 Å². The first-order chi connectivity index (χ1) is 9.55. The number of aryl methyl sites for hydroxylation is 2. The zero-order chi connectivity index (χ0) is 14.7. The molecule has 108 valence electrons. The molecule has 4 nitrogen and oxygen atoms in total. The fourth-order valence-electron chi connectivity index (χ4n) is 1.90. The van der Waals surface area contributed by atoms with Gasteiger partial charge in [0, 0.05) is 17.0 Å². The summed E-state index contributed by atoms with van der Waals surface area (Å²) in [5, 5.41) is 4.98. The van der Waals surface area contributed by atoms with E-state index in [2.05, 4.69) is 10.3 Å². The molecule has 1 aromatic carbocycles. The Morgan fingerprint density at radius 1 is 1.20 bits per heavy atom. The normalized spacial score (nSPS) is 10.4. The van der Waals surface area contributed by atoms with E-state index in [1.165, 1.54) is 4.88 Å². The number of methoxy groups -OCH3 is 2. The average Bonchev–Trinajstić information content (AvgIpc) is 2.75. The Morgan fingerprint density at radius 2 is 1.85 bits per heavy atom. The van der Waals surface area contributed by atoms with Crippen molar-refractivity contribution in [3.05, 3.63) is 32.7 Å². The van der Waals surface area contributed by atoms with Gasteiger partial charge >= 0.3 is 0 Å². The lowest BCUT2D eigenvalue weighted by Crippen LogP contribution is -2.01. The van der Waals surface area contributed by atoms with Crippen LogP contribution in [0.3, 0.4) is 0 Å². The molecule has 0 bridgehead atoms. The lowest BCUT2D eigenvalue weighted by atomic mass is 10.2.